The van der Waals surface area contributed by atoms with Crippen LogP contribution < -0.4 is 20.3 Å². The number of fused-ring (bicyclic) bond motifs is 1. The van der Waals surface area contributed by atoms with E-state index in [9.17, 15) is 27.2 Å². The predicted molar refractivity (Wildman–Crippen MR) is 105 cm³/mol. The van der Waals surface area contributed by atoms with Crippen molar-refractivity contribution in [3.05, 3.63) is 93.7 Å². The largest absolute Gasteiger partial charge is 0.573 e. The van der Waals surface area contributed by atoms with Crippen LogP contribution in [0.2, 0.25) is 0 Å². The minimum atomic E-state index is -5.05. The van der Waals surface area contributed by atoms with Crippen LogP contribution in [-0.4, -0.2) is 23.9 Å². The average molecular weight is 448 g/mol. The number of rotatable bonds is 4. The van der Waals surface area contributed by atoms with E-state index >= 15 is 0 Å². The number of halogens is 4. The highest BCUT2D eigenvalue weighted by Gasteiger charge is 2.42. The van der Waals surface area contributed by atoms with Gasteiger partial charge in [-0.25, -0.2) is 4.39 Å². The molecular weight excluding hydrogens is 432 g/mol. The van der Waals surface area contributed by atoms with Crippen molar-refractivity contribution in [1.29, 1.82) is 0 Å². The van der Waals surface area contributed by atoms with E-state index in [4.69, 9.17) is 4.74 Å². The number of pyridine rings is 1. The van der Waals surface area contributed by atoms with Crippen molar-refractivity contribution in [2.45, 2.75) is 18.3 Å². The molecule has 0 radical (unpaired) electrons. The maximum Gasteiger partial charge on any atom is 0.573 e. The van der Waals surface area contributed by atoms with Crippen molar-refractivity contribution >= 4 is 5.91 Å². The number of aromatic nitrogens is 1. The lowest BCUT2D eigenvalue weighted by Crippen LogP contribution is -2.49. The summed E-state index contributed by atoms with van der Waals surface area (Å²) in [6, 6.07) is 12.3. The monoisotopic (exact) mass is 448 g/mol. The number of benzene rings is 2. The molecule has 1 aliphatic rings. The quantitative estimate of drug-likeness (QED) is 0.594. The lowest BCUT2D eigenvalue weighted by Gasteiger charge is -2.40. The lowest BCUT2D eigenvalue weighted by atomic mass is 9.78. The molecule has 1 aromatic heterocycles. The Morgan fingerprint density at radius 3 is 2.59 bits per heavy atom. The molecule has 6 nitrogen and oxygen atoms in total. The number of amides is 1. The molecule has 1 unspecified atom stereocenters. The highest BCUT2D eigenvalue weighted by Crippen LogP contribution is 2.43. The zero-order valence-corrected chi connectivity index (χ0v) is 16.3. The molecular formula is C22H16F4N2O4. The molecule has 2 aromatic carbocycles. The number of hydrogen-bond acceptors (Lipinski definition) is 4. The van der Waals surface area contributed by atoms with Crippen molar-refractivity contribution in [2.75, 3.05) is 6.61 Å². The molecule has 2 N–H and O–H groups in total. The summed E-state index contributed by atoms with van der Waals surface area (Å²) in [4.78, 5) is 26.7. The Morgan fingerprint density at radius 2 is 1.91 bits per heavy atom. The topological polar surface area (TPSA) is 80.4 Å². The summed E-state index contributed by atoms with van der Waals surface area (Å²) in [5.41, 5.74) is -0.842. The van der Waals surface area contributed by atoms with Crippen LogP contribution in [0, 0.1) is 5.82 Å². The number of aromatic amines is 1. The molecule has 0 aliphatic carbocycles. The van der Waals surface area contributed by atoms with E-state index in [1.165, 1.54) is 24.4 Å². The second-order valence-electron chi connectivity index (χ2n) is 7.09. The molecule has 2 heterocycles. The maximum atomic E-state index is 14.6. The molecule has 3 aromatic rings. The van der Waals surface area contributed by atoms with Gasteiger partial charge in [-0.15, -0.1) is 13.2 Å². The Morgan fingerprint density at radius 1 is 1.12 bits per heavy atom. The molecule has 1 amide bonds. The third kappa shape index (κ3) is 4.16. The van der Waals surface area contributed by atoms with Gasteiger partial charge in [0.15, 0.2) is 11.6 Å². The number of carbonyl (C=O) groups is 1. The first-order valence-electron chi connectivity index (χ1n) is 9.47. The van der Waals surface area contributed by atoms with Gasteiger partial charge < -0.3 is 19.8 Å². The van der Waals surface area contributed by atoms with Crippen molar-refractivity contribution < 1.29 is 31.8 Å². The Balaban J connectivity index is 1.81. The van der Waals surface area contributed by atoms with Crippen molar-refractivity contribution in [3.63, 3.8) is 0 Å². The Labute approximate surface area is 178 Å². The molecule has 166 valence electrons. The summed E-state index contributed by atoms with van der Waals surface area (Å²) in [6.07, 6.45) is -3.64. The van der Waals surface area contributed by atoms with Crippen molar-refractivity contribution in [2.24, 2.45) is 0 Å². The molecule has 1 aliphatic heterocycles. The summed E-state index contributed by atoms with van der Waals surface area (Å²) in [5, 5.41) is 2.86. The van der Waals surface area contributed by atoms with Gasteiger partial charge >= 0.3 is 6.36 Å². The van der Waals surface area contributed by atoms with E-state index in [0.29, 0.717) is 11.3 Å². The summed E-state index contributed by atoms with van der Waals surface area (Å²) < 4.78 is 61.6. The van der Waals surface area contributed by atoms with Crippen LogP contribution in [0.15, 0.2) is 65.6 Å². The van der Waals surface area contributed by atoms with Crippen LogP contribution in [0.4, 0.5) is 17.6 Å². The van der Waals surface area contributed by atoms with Crippen LogP contribution in [-0.2, 0) is 5.54 Å². The van der Waals surface area contributed by atoms with E-state index in [2.05, 4.69) is 15.0 Å². The molecule has 0 saturated carbocycles. The van der Waals surface area contributed by atoms with Crippen molar-refractivity contribution in [1.82, 2.24) is 10.3 Å². The van der Waals surface area contributed by atoms with E-state index in [-0.39, 0.29) is 24.2 Å². The number of nitrogens with one attached hydrogen (secondary N) is 2. The molecule has 0 bridgehead atoms. The van der Waals surface area contributed by atoms with Crippen molar-refractivity contribution in [3.8, 4) is 11.5 Å². The molecule has 32 heavy (non-hydrogen) atoms. The fourth-order valence-electron chi connectivity index (χ4n) is 3.69. The standard InChI is InChI=1S/C22H16F4N2O4/c23-16-11-14(6-7-18(16)32-22(24,25)26)21(9-10-31-17-4-2-1-3-15(17)21)28-20(30)13-5-8-19(29)27-12-13/h1-8,11-12H,9-10H2,(H,27,29)(H,28,30). The van der Waals surface area contributed by atoms with Gasteiger partial charge in [0.2, 0.25) is 5.56 Å². The Kier molecular flexibility index (Phi) is 5.37. The van der Waals surface area contributed by atoms with E-state index in [1.54, 1.807) is 24.3 Å². The third-order valence-corrected chi connectivity index (χ3v) is 5.11. The highest BCUT2D eigenvalue weighted by atomic mass is 19.4. The number of para-hydroxylation sites is 1. The number of ether oxygens (including phenoxy) is 2. The number of carbonyl (C=O) groups excluding carboxylic acids is 1. The zero-order chi connectivity index (χ0) is 22.9. The van der Waals surface area contributed by atoms with Crippen LogP contribution in [0.5, 0.6) is 11.5 Å². The molecule has 0 fully saturated rings. The van der Waals surface area contributed by atoms with Gasteiger partial charge in [0.05, 0.1) is 17.7 Å². The number of alkyl halides is 3. The number of H-pyrrole nitrogens is 1. The smallest absolute Gasteiger partial charge is 0.493 e. The summed E-state index contributed by atoms with van der Waals surface area (Å²) in [6.45, 7) is 0.158. The molecule has 4 rings (SSSR count). The van der Waals surface area contributed by atoms with Gasteiger partial charge in [-0.3, -0.25) is 9.59 Å². The minimum absolute atomic E-state index is 0.144. The molecule has 1 atom stereocenters. The SMILES string of the molecule is O=C(NC1(c2ccc(OC(F)(F)F)c(F)c2)CCOc2ccccc21)c1ccc(=O)[nH]c1. The first kappa shape index (κ1) is 21.4. The molecule has 0 spiro atoms. The Hall–Kier alpha value is -3.82. The molecule has 0 saturated heterocycles. The molecule has 10 heteroatoms. The zero-order valence-electron chi connectivity index (χ0n) is 16.3. The summed E-state index contributed by atoms with van der Waals surface area (Å²) in [7, 11) is 0. The first-order chi connectivity index (χ1) is 15.2. The second kappa shape index (κ2) is 8.03. The summed E-state index contributed by atoms with van der Waals surface area (Å²) >= 11 is 0. The minimum Gasteiger partial charge on any atom is -0.493 e. The van der Waals surface area contributed by atoms with Gasteiger partial charge in [-0.2, -0.15) is 0 Å². The summed E-state index contributed by atoms with van der Waals surface area (Å²) in [5.74, 6) is -2.35. The second-order valence-corrected chi connectivity index (χ2v) is 7.09. The average Bonchev–Trinajstić information content (AvgIpc) is 2.75. The van der Waals surface area contributed by atoms with E-state index < -0.39 is 34.9 Å². The van der Waals surface area contributed by atoms with Gasteiger partial charge in [-0.1, -0.05) is 24.3 Å². The van der Waals surface area contributed by atoms with E-state index in [1.807, 2.05) is 0 Å². The fourth-order valence-corrected chi connectivity index (χ4v) is 3.69. The Bertz CT molecular complexity index is 1200. The van der Waals surface area contributed by atoms with Gasteiger partial charge in [0.25, 0.3) is 5.91 Å². The fraction of sp³-hybridized carbons (Fsp3) is 0.182. The van der Waals surface area contributed by atoms with Gasteiger partial charge in [0.1, 0.15) is 5.75 Å². The van der Waals surface area contributed by atoms with Crippen LogP contribution in [0.25, 0.3) is 0 Å². The van der Waals surface area contributed by atoms with Crippen LogP contribution in [0.3, 0.4) is 0 Å². The van der Waals surface area contributed by atoms with Crippen LogP contribution in [0.1, 0.15) is 27.9 Å². The third-order valence-electron chi connectivity index (χ3n) is 5.11. The van der Waals surface area contributed by atoms with Gasteiger partial charge in [0, 0.05) is 24.2 Å². The number of hydrogen-bond donors (Lipinski definition) is 2. The highest BCUT2D eigenvalue weighted by molar-refractivity contribution is 5.95. The normalized spacial score (nSPS) is 17.8. The first-order valence-corrected chi connectivity index (χ1v) is 9.47. The predicted octanol–water partition coefficient (Wildman–Crippen LogP) is 3.87. The van der Waals surface area contributed by atoms with Gasteiger partial charge in [-0.05, 0) is 29.8 Å². The van der Waals surface area contributed by atoms with E-state index in [0.717, 1.165) is 12.1 Å². The maximum absolute atomic E-state index is 14.6. The van der Waals surface area contributed by atoms with Crippen LogP contribution >= 0.6 is 0 Å². The lowest BCUT2D eigenvalue weighted by molar-refractivity contribution is -0.275.